The van der Waals surface area contributed by atoms with Gasteiger partial charge in [-0.25, -0.2) is 4.98 Å². The zero-order valence-electron chi connectivity index (χ0n) is 15.8. The number of para-hydroxylation sites is 1. The van der Waals surface area contributed by atoms with Gasteiger partial charge in [-0.15, -0.1) is 0 Å². The number of fused-ring (bicyclic) bond motifs is 4. The highest BCUT2D eigenvalue weighted by molar-refractivity contribution is 6.54. The molecule has 0 amide bonds. The smallest absolute Gasteiger partial charge is 0.310 e. The van der Waals surface area contributed by atoms with Gasteiger partial charge in [-0.3, -0.25) is 0 Å². The van der Waals surface area contributed by atoms with E-state index in [0.717, 1.165) is 27.1 Å². The number of rotatable bonds is 4. The third-order valence-electron chi connectivity index (χ3n) is 5.41. The molecule has 4 rings (SSSR count). The van der Waals surface area contributed by atoms with Crippen molar-refractivity contribution in [1.82, 2.24) is 4.98 Å². The van der Waals surface area contributed by atoms with Crippen molar-refractivity contribution in [2.24, 2.45) is 0 Å². The highest BCUT2D eigenvalue weighted by Gasteiger charge is 2.36. The molecule has 2 aromatic heterocycles. The second kappa shape index (κ2) is 6.23. The van der Waals surface area contributed by atoms with E-state index in [9.17, 15) is 5.11 Å². The Kier molecular flexibility index (Phi) is 4.22. The largest absolute Gasteiger partial charge is 0.436 e. The molecule has 0 aliphatic carbocycles. The first kappa shape index (κ1) is 18.3. The van der Waals surface area contributed by atoms with Gasteiger partial charge >= 0.3 is 7.48 Å². The second-order valence-electron chi connectivity index (χ2n) is 7.90. The van der Waals surface area contributed by atoms with Crippen molar-refractivity contribution in [3.63, 3.8) is 0 Å². The maximum atomic E-state index is 10.4. The molecule has 0 saturated heterocycles. The molecular formula is C21H21BClNO3. The van der Waals surface area contributed by atoms with Gasteiger partial charge in [0.05, 0.1) is 21.7 Å². The van der Waals surface area contributed by atoms with Crippen LogP contribution in [0.25, 0.3) is 33.0 Å². The zero-order chi connectivity index (χ0) is 19.4. The standard InChI is InChI=1S/C21H21BClNO3/c1-20(2,25)21(3,4)27-22-14-9-10-15(23)18-17(14)13-11-12-7-5-6-8-16(12)24-19(13)26-18/h5-11,22,25H,1-4H3. The first-order chi connectivity index (χ1) is 12.7. The van der Waals surface area contributed by atoms with E-state index in [1.54, 1.807) is 13.8 Å². The summed E-state index contributed by atoms with van der Waals surface area (Å²) in [6.07, 6.45) is 0. The SMILES string of the molecule is CC(C)(O)C(C)(C)OBc1ccc(Cl)c2oc3nc4ccccc4cc3c12. The molecule has 1 N–H and O–H groups in total. The van der Waals surface area contributed by atoms with Crippen molar-refractivity contribution in [2.45, 2.75) is 38.9 Å². The second-order valence-corrected chi connectivity index (χ2v) is 8.31. The van der Waals surface area contributed by atoms with Crippen LogP contribution in [0, 0.1) is 0 Å². The molecule has 6 heteroatoms. The molecule has 0 spiro atoms. The fourth-order valence-corrected chi connectivity index (χ4v) is 3.20. The Morgan fingerprint density at radius 1 is 1.11 bits per heavy atom. The number of furan rings is 1. The predicted octanol–water partition coefficient (Wildman–Crippen LogP) is 4.33. The van der Waals surface area contributed by atoms with Crippen LogP contribution in [0.1, 0.15) is 27.7 Å². The van der Waals surface area contributed by atoms with Crippen LogP contribution in [0.4, 0.5) is 0 Å². The Morgan fingerprint density at radius 3 is 2.59 bits per heavy atom. The normalized spacial score (nSPS) is 13.0. The molecule has 0 atom stereocenters. The van der Waals surface area contributed by atoms with Crippen LogP contribution in [-0.2, 0) is 4.65 Å². The van der Waals surface area contributed by atoms with Gasteiger partial charge in [0, 0.05) is 16.2 Å². The van der Waals surface area contributed by atoms with E-state index in [4.69, 9.17) is 20.7 Å². The molecule has 0 fully saturated rings. The first-order valence-electron chi connectivity index (χ1n) is 8.93. The Morgan fingerprint density at radius 2 is 1.85 bits per heavy atom. The van der Waals surface area contributed by atoms with Gasteiger partial charge in [0.1, 0.15) is 0 Å². The Hall–Kier alpha value is -2.08. The molecule has 0 bridgehead atoms. The molecule has 4 aromatic rings. The zero-order valence-corrected chi connectivity index (χ0v) is 16.6. The topological polar surface area (TPSA) is 55.5 Å². The molecule has 0 aliphatic rings. The third kappa shape index (κ3) is 3.10. The van der Waals surface area contributed by atoms with Crippen LogP contribution in [0.5, 0.6) is 0 Å². The first-order valence-corrected chi connectivity index (χ1v) is 9.31. The van der Waals surface area contributed by atoms with Crippen LogP contribution >= 0.6 is 11.6 Å². The molecule has 27 heavy (non-hydrogen) atoms. The lowest BCUT2D eigenvalue weighted by molar-refractivity contribution is -0.0893. The minimum Gasteiger partial charge on any atom is -0.436 e. The van der Waals surface area contributed by atoms with Gasteiger partial charge in [-0.1, -0.05) is 35.9 Å². The summed E-state index contributed by atoms with van der Waals surface area (Å²) in [5.74, 6) is 0. The Balaban J connectivity index is 1.88. The fourth-order valence-electron chi connectivity index (χ4n) is 3.00. The van der Waals surface area contributed by atoms with E-state index in [0.29, 0.717) is 23.8 Å². The molecule has 2 aromatic carbocycles. The number of aromatic nitrogens is 1. The molecule has 2 heterocycles. The van der Waals surface area contributed by atoms with E-state index in [-0.39, 0.29) is 0 Å². The number of nitrogens with zero attached hydrogens (tertiary/aromatic N) is 1. The summed E-state index contributed by atoms with van der Waals surface area (Å²) >= 11 is 6.39. The van der Waals surface area contributed by atoms with Gasteiger partial charge in [-0.05, 0) is 51.4 Å². The summed E-state index contributed by atoms with van der Waals surface area (Å²) < 4.78 is 12.1. The number of hydrogen-bond donors (Lipinski definition) is 1. The van der Waals surface area contributed by atoms with E-state index in [1.807, 2.05) is 50.2 Å². The molecule has 0 aliphatic heterocycles. The summed E-state index contributed by atoms with van der Waals surface area (Å²) in [6.45, 7) is 7.24. The predicted molar refractivity (Wildman–Crippen MR) is 112 cm³/mol. The number of benzene rings is 2. The van der Waals surface area contributed by atoms with Crippen LogP contribution in [0.2, 0.25) is 5.02 Å². The fraction of sp³-hybridized carbons (Fsp3) is 0.286. The highest BCUT2D eigenvalue weighted by atomic mass is 35.5. The molecular weight excluding hydrogens is 361 g/mol. The van der Waals surface area contributed by atoms with Gasteiger partial charge in [-0.2, -0.15) is 0 Å². The van der Waals surface area contributed by atoms with Crippen LogP contribution in [-0.4, -0.2) is 28.8 Å². The minimum atomic E-state index is -0.977. The highest BCUT2D eigenvalue weighted by Crippen LogP contribution is 2.33. The molecule has 138 valence electrons. The van der Waals surface area contributed by atoms with Crippen LogP contribution < -0.4 is 5.46 Å². The summed E-state index contributed by atoms with van der Waals surface area (Å²) in [6, 6.07) is 13.7. The van der Waals surface area contributed by atoms with Crippen LogP contribution in [0.3, 0.4) is 0 Å². The number of hydrogen-bond acceptors (Lipinski definition) is 4. The lowest BCUT2D eigenvalue weighted by Crippen LogP contribution is -2.49. The van der Waals surface area contributed by atoms with Gasteiger partial charge in [0.15, 0.2) is 5.58 Å². The number of aliphatic hydroxyl groups is 1. The quantitative estimate of drug-likeness (QED) is 0.535. The van der Waals surface area contributed by atoms with Crippen molar-refractivity contribution < 1.29 is 14.2 Å². The lowest BCUT2D eigenvalue weighted by Gasteiger charge is -2.37. The van der Waals surface area contributed by atoms with Crippen molar-refractivity contribution in [3.8, 4) is 0 Å². The average Bonchev–Trinajstić information content (AvgIpc) is 2.98. The monoisotopic (exact) mass is 381 g/mol. The van der Waals surface area contributed by atoms with Crippen LogP contribution in [0.15, 0.2) is 46.9 Å². The third-order valence-corrected chi connectivity index (χ3v) is 5.71. The maximum Gasteiger partial charge on any atom is 0.310 e. The Labute approximate surface area is 163 Å². The van der Waals surface area contributed by atoms with E-state index in [2.05, 4.69) is 11.1 Å². The summed E-state index contributed by atoms with van der Waals surface area (Å²) in [5, 5.41) is 13.7. The molecule has 0 radical (unpaired) electrons. The van der Waals surface area contributed by atoms with Gasteiger partial charge < -0.3 is 14.2 Å². The maximum absolute atomic E-state index is 10.4. The van der Waals surface area contributed by atoms with Gasteiger partial charge in [0.2, 0.25) is 5.71 Å². The summed E-state index contributed by atoms with van der Waals surface area (Å²) in [4.78, 5) is 4.64. The van der Waals surface area contributed by atoms with E-state index in [1.165, 1.54) is 0 Å². The van der Waals surface area contributed by atoms with E-state index >= 15 is 0 Å². The molecule has 0 saturated carbocycles. The van der Waals surface area contributed by atoms with Crippen molar-refractivity contribution in [2.75, 3.05) is 0 Å². The van der Waals surface area contributed by atoms with E-state index < -0.39 is 11.2 Å². The van der Waals surface area contributed by atoms with Crippen molar-refractivity contribution in [3.05, 3.63) is 47.5 Å². The molecule has 0 unspecified atom stereocenters. The summed E-state index contributed by atoms with van der Waals surface area (Å²) in [5.41, 5.74) is 1.29. The number of halogens is 1. The molecule has 4 nitrogen and oxygen atoms in total. The van der Waals surface area contributed by atoms with Gasteiger partial charge in [0.25, 0.3) is 0 Å². The average molecular weight is 382 g/mol. The van der Waals surface area contributed by atoms with Crippen molar-refractivity contribution >= 4 is 57.5 Å². The summed E-state index contributed by atoms with van der Waals surface area (Å²) in [7, 11) is 0.326. The lowest BCUT2D eigenvalue weighted by atomic mass is 9.80. The van der Waals surface area contributed by atoms with Crippen molar-refractivity contribution in [1.29, 1.82) is 0 Å². The Bertz CT molecular complexity index is 1160. The minimum absolute atomic E-state index is 0.326. The number of pyridine rings is 1.